The number of rotatable bonds is 2. The summed E-state index contributed by atoms with van der Waals surface area (Å²) in [4.78, 5) is 3.99. The molecule has 1 atom stereocenters. The van der Waals surface area contributed by atoms with Crippen LogP contribution in [0.25, 0.3) is 5.70 Å². The van der Waals surface area contributed by atoms with E-state index < -0.39 is 0 Å². The Balaban J connectivity index is 1.90. The largest absolute Gasteiger partial charge is 0.398 e. The number of nitrogens with zero attached hydrogens (tertiary/aromatic N) is 3. The number of nitriles is 1. The highest BCUT2D eigenvalue weighted by Crippen LogP contribution is 2.52. The molecular formula is C14H12N4S2. The zero-order valence-corrected chi connectivity index (χ0v) is 12.2. The third kappa shape index (κ3) is 2.42. The summed E-state index contributed by atoms with van der Waals surface area (Å²) in [5.74, 6) is 0.925. The van der Waals surface area contributed by atoms with Crippen molar-refractivity contribution in [1.29, 1.82) is 5.26 Å². The van der Waals surface area contributed by atoms with Crippen molar-refractivity contribution in [3.05, 3.63) is 52.8 Å². The third-order valence-corrected chi connectivity index (χ3v) is 5.94. The minimum Gasteiger partial charge on any atom is -0.398 e. The molecule has 1 aliphatic heterocycles. The SMILES string of the molecule is N#C/C(=C1/SCC(c2ccccc2N)S1)n1ccnc1. The van der Waals surface area contributed by atoms with Gasteiger partial charge in [-0.3, -0.25) is 4.57 Å². The summed E-state index contributed by atoms with van der Waals surface area (Å²) in [5.41, 5.74) is 8.62. The van der Waals surface area contributed by atoms with E-state index in [-0.39, 0.29) is 0 Å². The second-order valence-corrected chi connectivity index (χ2v) is 6.77. The second kappa shape index (κ2) is 5.65. The van der Waals surface area contributed by atoms with Crippen LogP contribution in [0, 0.1) is 11.3 Å². The molecule has 1 saturated heterocycles. The lowest BCUT2D eigenvalue weighted by Gasteiger charge is -2.10. The van der Waals surface area contributed by atoms with Crippen molar-refractivity contribution in [2.45, 2.75) is 5.25 Å². The number of para-hydroxylation sites is 1. The summed E-state index contributed by atoms with van der Waals surface area (Å²) >= 11 is 3.40. The van der Waals surface area contributed by atoms with Crippen LogP contribution in [0.1, 0.15) is 10.8 Å². The predicted molar refractivity (Wildman–Crippen MR) is 84.7 cm³/mol. The van der Waals surface area contributed by atoms with Crippen LogP contribution in [0.2, 0.25) is 0 Å². The summed E-state index contributed by atoms with van der Waals surface area (Å²) < 4.78 is 2.78. The van der Waals surface area contributed by atoms with Gasteiger partial charge < -0.3 is 5.73 Å². The molecule has 1 aliphatic rings. The second-order valence-electron chi connectivity index (χ2n) is 4.26. The summed E-state index contributed by atoms with van der Waals surface area (Å²) in [7, 11) is 0. The van der Waals surface area contributed by atoms with Crippen molar-refractivity contribution in [1.82, 2.24) is 9.55 Å². The molecule has 100 valence electrons. The Morgan fingerprint density at radius 1 is 1.45 bits per heavy atom. The Morgan fingerprint density at radius 2 is 2.30 bits per heavy atom. The van der Waals surface area contributed by atoms with Crippen molar-refractivity contribution in [2.24, 2.45) is 0 Å². The van der Waals surface area contributed by atoms with Crippen molar-refractivity contribution in [3.63, 3.8) is 0 Å². The number of hydrogen-bond donors (Lipinski definition) is 1. The number of allylic oxidation sites excluding steroid dienone is 1. The number of benzene rings is 1. The van der Waals surface area contributed by atoms with E-state index in [4.69, 9.17) is 5.73 Å². The first kappa shape index (κ1) is 13.2. The van der Waals surface area contributed by atoms with Gasteiger partial charge in [0.05, 0.1) is 10.6 Å². The van der Waals surface area contributed by atoms with E-state index in [1.165, 1.54) is 0 Å². The quantitative estimate of drug-likeness (QED) is 0.680. The molecule has 1 aromatic carbocycles. The first-order valence-corrected chi connectivity index (χ1v) is 7.92. The average molecular weight is 300 g/mol. The predicted octanol–water partition coefficient (Wildman–Crippen LogP) is 3.34. The molecule has 0 spiro atoms. The Morgan fingerprint density at radius 3 is 3.00 bits per heavy atom. The van der Waals surface area contributed by atoms with Gasteiger partial charge in [0, 0.05) is 29.1 Å². The van der Waals surface area contributed by atoms with E-state index in [1.54, 1.807) is 46.8 Å². The lowest BCUT2D eigenvalue weighted by Crippen LogP contribution is -1.98. The van der Waals surface area contributed by atoms with E-state index in [2.05, 4.69) is 17.1 Å². The van der Waals surface area contributed by atoms with Gasteiger partial charge in [0.2, 0.25) is 0 Å². The number of hydrogen-bond acceptors (Lipinski definition) is 5. The maximum absolute atomic E-state index is 9.36. The first-order chi connectivity index (χ1) is 9.79. The van der Waals surface area contributed by atoms with Crippen LogP contribution < -0.4 is 5.73 Å². The van der Waals surface area contributed by atoms with Gasteiger partial charge in [-0.1, -0.05) is 18.2 Å². The fourth-order valence-corrected chi connectivity index (χ4v) is 4.96. The van der Waals surface area contributed by atoms with E-state index in [9.17, 15) is 5.26 Å². The number of nitrogens with two attached hydrogens (primary N) is 1. The fourth-order valence-electron chi connectivity index (χ4n) is 2.03. The van der Waals surface area contributed by atoms with Gasteiger partial charge in [-0.2, -0.15) is 5.26 Å². The molecule has 2 heterocycles. The summed E-state index contributed by atoms with van der Waals surface area (Å²) in [6.45, 7) is 0. The Bertz CT molecular complexity index is 685. The highest BCUT2D eigenvalue weighted by molar-refractivity contribution is 8.25. The fraction of sp³-hybridized carbons (Fsp3) is 0.143. The topological polar surface area (TPSA) is 67.6 Å². The normalized spacial score (nSPS) is 20.6. The number of aromatic nitrogens is 2. The molecule has 3 rings (SSSR count). The van der Waals surface area contributed by atoms with Crippen molar-refractivity contribution in [3.8, 4) is 6.07 Å². The van der Waals surface area contributed by atoms with Gasteiger partial charge in [0.1, 0.15) is 11.8 Å². The van der Waals surface area contributed by atoms with Crippen LogP contribution in [0.4, 0.5) is 5.69 Å². The van der Waals surface area contributed by atoms with E-state index in [0.717, 1.165) is 21.2 Å². The lowest BCUT2D eigenvalue weighted by molar-refractivity contribution is 1.10. The van der Waals surface area contributed by atoms with Crippen LogP contribution in [-0.2, 0) is 0 Å². The monoisotopic (exact) mass is 300 g/mol. The molecule has 4 nitrogen and oxygen atoms in total. The molecule has 2 aromatic rings. The van der Waals surface area contributed by atoms with Crippen LogP contribution in [0.15, 0.2) is 47.2 Å². The maximum Gasteiger partial charge on any atom is 0.145 e. The highest BCUT2D eigenvalue weighted by Gasteiger charge is 2.27. The van der Waals surface area contributed by atoms with Crippen molar-refractivity contribution >= 4 is 34.9 Å². The van der Waals surface area contributed by atoms with Gasteiger partial charge in [-0.25, -0.2) is 4.98 Å². The van der Waals surface area contributed by atoms with Crippen molar-refractivity contribution in [2.75, 3.05) is 11.5 Å². The molecule has 0 amide bonds. The molecule has 2 N–H and O–H groups in total. The molecule has 6 heteroatoms. The number of thioether (sulfide) groups is 2. The summed E-state index contributed by atoms with van der Waals surface area (Å²) in [5, 5.41) is 9.66. The highest BCUT2D eigenvalue weighted by atomic mass is 32.2. The standard InChI is InChI=1S/C14H12N4S2/c15-7-12(18-6-5-17-9-18)14-19-8-13(20-14)10-3-1-2-4-11(10)16/h1-6,9,13H,8,16H2/b14-12+. The zero-order valence-electron chi connectivity index (χ0n) is 10.6. The van der Waals surface area contributed by atoms with E-state index in [0.29, 0.717) is 10.9 Å². The minimum atomic E-state index is 0.295. The van der Waals surface area contributed by atoms with Crippen LogP contribution in [0.5, 0.6) is 0 Å². The molecular weight excluding hydrogens is 288 g/mol. The molecule has 0 radical (unpaired) electrons. The number of nitrogen functional groups attached to an aromatic ring is 1. The van der Waals surface area contributed by atoms with E-state index >= 15 is 0 Å². The van der Waals surface area contributed by atoms with Crippen LogP contribution >= 0.6 is 23.5 Å². The number of imidazole rings is 1. The zero-order chi connectivity index (χ0) is 13.9. The minimum absolute atomic E-state index is 0.295. The molecule has 20 heavy (non-hydrogen) atoms. The Kier molecular flexibility index (Phi) is 3.72. The molecule has 1 fully saturated rings. The molecule has 0 bridgehead atoms. The van der Waals surface area contributed by atoms with Crippen molar-refractivity contribution < 1.29 is 0 Å². The lowest BCUT2D eigenvalue weighted by atomic mass is 10.1. The molecule has 0 aliphatic carbocycles. The maximum atomic E-state index is 9.36. The van der Waals surface area contributed by atoms with Gasteiger partial charge in [-0.05, 0) is 11.6 Å². The van der Waals surface area contributed by atoms with Gasteiger partial charge in [0.15, 0.2) is 0 Å². The van der Waals surface area contributed by atoms with Crippen LogP contribution in [-0.4, -0.2) is 15.3 Å². The van der Waals surface area contributed by atoms with Gasteiger partial charge in [-0.15, -0.1) is 23.5 Å². The summed E-state index contributed by atoms with van der Waals surface area (Å²) in [6.07, 6.45) is 5.11. The van der Waals surface area contributed by atoms with E-state index in [1.807, 2.05) is 18.2 Å². The van der Waals surface area contributed by atoms with Gasteiger partial charge >= 0.3 is 0 Å². The molecule has 1 aromatic heterocycles. The van der Waals surface area contributed by atoms with Crippen LogP contribution in [0.3, 0.4) is 0 Å². The Hall–Kier alpha value is -1.84. The third-order valence-electron chi connectivity index (χ3n) is 3.02. The Labute approximate surface area is 125 Å². The first-order valence-electron chi connectivity index (χ1n) is 6.06. The molecule has 0 saturated carbocycles. The average Bonchev–Trinajstić information content (AvgIpc) is 3.12. The summed E-state index contributed by atoms with van der Waals surface area (Å²) in [6, 6.07) is 10.2. The smallest absolute Gasteiger partial charge is 0.145 e. The van der Waals surface area contributed by atoms with Gasteiger partial charge in [0.25, 0.3) is 0 Å². The molecule has 1 unspecified atom stereocenters. The number of anilines is 1.